The van der Waals surface area contributed by atoms with Crippen molar-refractivity contribution in [1.82, 2.24) is 35.0 Å². The number of aromatic nitrogens is 7. The van der Waals surface area contributed by atoms with Gasteiger partial charge in [0, 0.05) is 0 Å². The fourth-order valence-electron chi connectivity index (χ4n) is 2.66. The molecule has 0 bridgehead atoms. The number of nitrogens with one attached hydrogen (secondary N) is 1. The molecule has 2 heterocycles. The largest absolute Gasteiger partial charge is 0.416 e. The maximum atomic E-state index is 13.1. The van der Waals surface area contributed by atoms with Gasteiger partial charge in [-0.25, -0.2) is 9.67 Å². The molecule has 13 heteroatoms. The molecule has 4 rings (SSSR count). The van der Waals surface area contributed by atoms with Crippen molar-refractivity contribution in [2.24, 2.45) is 0 Å². The standard InChI is InChI=1S/C18H13F3N8OS/c19-18(20,21)12-6-7-15(28-11-22-10-23-28)14(8-12)24-16(30)9-31-17-25-26-27-29(17)13-4-2-1-3-5-13/h1-8,10-11H,9H2,(H,24,30). The highest BCUT2D eigenvalue weighted by atomic mass is 32.2. The van der Waals surface area contributed by atoms with Crippen LogP contribution in [0.4, 0.5) is 18.9 Å². The molecule has 2 aromatic heterocycles. The Bertz CT molecular complexity index is 1180. The van der Waals surface area contributed by atoms with Crippen molar-refractivity contribution in [1.29, 1.82) is 0 Å². The number of para-hydroxylation sites is 1. The number of benzene rings is 2. The van der Waals surface area contributed by atoms with Crippen LogP contribution in [0.2, 0.25) is 0 Å². The normalized spacial score (nSPS) is 11.5. The van der Waals surface area contributed by atoms with E-state index in [1.165, 1.54) is 28.1 Å². The van der Waals surface area contributed by atoms with Crippen LogP contribution in [0, 0.1) is 0 Å². The fraction of sp³-hybridized carbons (Fsp3) is 0.111. The number of hydrogen-bond donors (Lipinski definition) is 1. The van der Waals surface area contributed by atoms with Crippen LogP contribution in [0.25, 0.3) is 11.4 Å². The van der Waals surface area contributed by atoms with Crippen molar-refractivity contribution in [3.63, 3.8) is 0 Å². The van der Waals surface area contributed by atoms with Gasteiger partial charge in [0.1, 0.15) is 12.7 Å². The minimum atomic E-state index is -4.56. The number of anilines is 1. The topological polar surface area (TPSA) is 103 Å². The van der Waals surface area contributed by atoms with Crippen LogP contribution in [0.3, 0.4) is 0 Å². The summed E-state index contributed by atoms with van der Waals surface area (Å²) in [6.45, 7) is 0. The monoisotopic (exact) mass is 446 g/mol. The zero-order valence-electron chi connectivity index (χ0n) is 15.6. The lowest BCUT2D eigenvalue weighted by Gasteiger charge is -2.14. The van der Waals surface area contributed by atoms with E-state index >= 15 is 0 Å². The summed E-state index contributed by atoms with van der Waals surface area (Å²) in [5.41, 5.74) is 0.0145. The number of alkyl halides is 3. The number of halogens is 3. The zero-order chi connectivity index (χ0) is 21.8. The van der Waals surface area contributed by atoms with Gasteiger partial charge in [-0.15, -0.1) is 5.10 Å². The van der Waals surface area contributed by atoms with Gasteiger partial charge in [-0.3, -0.25) is 4.79 Å². The molecule has 0 aliphatic rings. The molecule has 31 heavy (non-hydrogen) atoms. The summed E-state index contributed by atoms with van der Waals surface area (Å²) >= 11 is 1.05. The van der Waals surface area contributed by atoms with Gasteiger partial charge >= 0.3 is 6.18 Å². The van der Waals surface area contributed by atoms with Crippen LogP contribution in [0.15, 0.2) is 66.3 Å². The first-order chi connectivity index (χ1) is 14.9. The van der Waals surface area contributed by atoms with Gasteiger partial charge in [0.25, 0.3) is 0 Å². The Morgan fingerprint density at radius 2 is 1.94 bits per heavy atom. The van der Waals surface area contributed by atoms with E-state index in [1.54, 1.807) is 12.1 Å². The molecule has 0 saturated heterocycles. The van der Waals surface area contributed by atoms with Crippen LogP contribution >= 0.6 is 11.8 Å². The average Bonchev–Trinajstić information content (AvgIpc) is 3.44. The van der Waals surface area contributed by atoms with Gasteiger partial charge in [0.15, 0.2) is 0 Å². The third-order valence-electron chi connectivity index (χ3n) is 4.04. The van der Waals surface area contributed by atoms with Crippen LogP contribution < -0.4 is 5.32 Å². The summed E-state index contributed by atoms with van der Waals surface area (Å²) in [4.78, 5) is 16.3. The Hall–Kier alpha value is -3.74. The first kappa shape index (κ1) is 20.5. The number of rotatable bonds is 6. The third-order valence-corrected chi connectivity index (χ3v) is 4.96. The molecule has 0 spiro atoms. The van der Waals surface area contributed by atoms with Crippen LogP contribution in [0.1, 0.15) is 5.56 Å². The second kappa shape index (κ2) is 8.55. The summed E-state index contributed by atoms with van der Waals surface area (Å²) < 4.78 is 42.2. The summed E-state index contributed by atoms with van der Waals surface area (Å²) in [5.74, 6) is -0.659. The zero-order valence-corrected chi connectivity index (χ0v) is 16.4. The first-order valence-electron chi connectivity index (χ1n) is 8.74. The van der Waals surface area contributed by atoms with Crippen LogP contribution in [-0.2, 0) is 11.0 Å². The summed E-state index contributed by atoms with van der Waals surface area (Å²) in [5, 5.41) is 18.2. The number of carbonyl (C=O) groups is 1. The van der Waals surface area contributed by atoms with E-state index in [1.807, 2.05) is 18.2 Å². The lowest BCUT2D eigenvalue weighted by Crippen LogP contribution is -2.17. The number of nitrogens with zero attached hydrogens (tertiary/aromatic N) is 7. The lowest BCUT2D eigenvalue weighted by atomic mass is 10.1. The molecular formula is C18H13F3N8OS. The maximum Gasteiger partial charge on any atom is 0.416 e. The highest BCUT2D eigenvalue weighted by molar-refractivity contribution is 7.99. The molecule has 0 fully saturated rings. The third kappa shape index (κ3) is 4.71. The summed E-state index contributed by atoms with van der Waals surface area (Å²) in [7, 11) is 0. The number of tetrazole rings is 1. The molecule has 0 saturated carbocycles. The van der Waals surface area contributed by atoms with Crippen molar-refractivity contribution in [2.75, 3.05) is 11.1 Å². The van der Waals surface area contributed by atoms with Gasteiger partial charge in [0.05, 0.1) is 28.4 Å². The molecule has 1 N–H and O–H groups in total. The van der Waals surface area contributed by atoms with Crippen molar-refractivity contribution in [2.45, 2.75) is 11.3 Å². The molecular weight excluding hydrogens is 433 g/mol. The number of hydrogen-bond acceptors (Lipinski definition) is 7. The molecule has 0 radical (unpaired) electrons. The molecule has 0 aliphatic carbocycles. The highest BCUT2D eigenvalue weighted by Crippen LogP contribution is 2.33. The highest BCUT2D eigenvalue weighted by Gasteiger charge is 2.31. The first-order valence-corrected chi connectivity index (χ1v) is 9.73. The van der Waals surface area contributed by atoms with Crippen molar-refractivity contribution < 1.29 is 18.0 Å². The van der Waals surface area contributed by atoms with E-state index in [4.69, 9.17) is 0 Å². The Morgan fingerprint density at radius 3 is 2.65 bits per heavy atom. The number of amides is 1. The van der Waals surface area contributed by atoms with E-state index in [9.17, 15) is 18.0 Å². The smallest absolute Gasteiger partial charge is 0.323 e. The van der Waals surface area contributed by atoms with Crippen LogP contribution in [-0.4, -0.2) is 46.6 Å². The molecule has 0 aliphatic heterocycles. The Labute approximate surface area is 177 Å². The molecule has 158 valence electrons. The predicted octanol–water partition coefficient (Wildman–Crippen LogP) is 2.99. The lowest BCUT2D eigenvalue weighted by molar-refractivity contribution is -0.137. The van der Waals surface area contributed by atoms with E-state index in [-0.39, 0.29) is 17.1 Å². The SMILES string of the molecule is O=C(CSc1nnnn1-c1ccccc1)Nc1cc(C(F)(F)F)ccc1-n1cncn1. The summed E-state index contributed by atoms with van der Waals surface area (Å²) in [6.07, 6.45) is -2.00. The Morgan fingerprint density at radius 1 is 1.13 bits per heavy atom. The van der Waals surface area contributed by atoms with E-state index in [2.05, 4.69) is 30.9 Å². The van der Waals surface area contributed by atoms with Crippen molar-refractivity contribution in [3.05, 3.63) is 66.7 Å². The fourth-order valence-corrected chi connectivity index (χ4v) is 3.35. The molecule has 1 amide bonds. The number of carbonyl (C=O) groups excluding carboxylic acids is 1. The van der Waals surface area contributed by atoms with Gasteiger partial charge in [-0.1, -0.05) is 30.0 Å². The van der Waals surface area contributed by atoms with Crippen molar-refractivity contribution >= 4 is 23.4 Å². The van der Waals surface area contributed by atoms with E-state index < -0.39 is 17.6 Å². The predicted molar refractivity (Wildman–Crippen MR) is 105 cm³/mol. The molecule has 0 atom stereocenters. The summed E-state index contributed by atoms with van der Waals surface area (Å²) in [6, 6.07) is 12.1. The molecule has 0 unspecified atom stereocenters. The van der Waals surface area contributed by atoms with Crippen molar-refractivity contribution in [3.8, 4) is 11.4 Å². The molecule has 4 aromatic rings. The minimum Gasteiger partial charge on any atom is -0.323 e. The molecule has 9 nitrogen and oxygen atoms in total. The average molecular weight is 446 g/mol. The van der Waals surface area contributed by atoms with Gasteiger partial charge in [-0.05, 0) is 40.8 Å². The maximum absolute atomic E-state index is 13.1. The van der Waals surface area contributed by atoms with Gasteiger partial charge in [0.2, 0.25) is 11.1 Å². The quantitative estimate of drug-likeness (QED) is 0.454. The Kier molecular flexibility index (Phi) is 5.66. The van der Waals surface area contributed by atoms with Gasteiger partial charge in [-0.2, -0.15) is 23.0 Å². The second-order valence-corrected chi connectivity index (χ2v) is 7.06. The minimum absolute atomic E-state index is 0.0476. The second-order valence-electron chi connectivity index (χ2n) is 6.12. The Balaban J connectivity index is 1.52. The van der Waals surface area contributed by atoms with E-state index in [0.29, 0.717) is 10.8 Å². The van der Waals surface area contributed by atoms with Crippen LogP contribution in [0.5, 0.6) is 0 Å². The van der Waals surface area contributed by atoms with Gasteiger partial charge < -0.3 is 5.32 Å². The number of thioether (sulfide) groups is 1. The molecule has 2 aromatic carbocycles. The van der Waals surface area contributed by atoms with E-state index in [0.717, 1.165) is 23.9 Å².